The summed E-state index contributed by atoms with van der Waals surface area (Å²) in [5.41, 5.74) is 2.83. The monoisotopic (exact) mass is 240 g/mol. The number of benzene rings is 1. The topological polar surface area (TPSA) is 0 Å². The highest BCUT2D eigenvalue weighted by Gasteiger charge is 2.08. The molecular weight excluding hydrogens is 224 g/mol. The van der Waals surface area contributed by atoms with Gasteiger partial charge in [-0.2, -0.15) is 0 Å². The summed E-state index contributed by atoms with van der Waals surface area (Å²) in [7, 11) is 0. The molecule has 0 spiro atoms. The lowest BCUT2D eigenvalue weighted by molar-refractivity contribution is 0.676. The number of rotatable bonds is 4. The van der Waals surface area contributed by atoms with E-state index >= 15 is 0 Å². The van der Waals surface area contributed by atoms with E-state index < -0.39 is 0 Å². The van der Waals surface area contributed by atoms with Gasteiger partial charge >= 0.3 is 0 Å². The minimum atomic E-state index is 0.685. The average molecular weight is 241 g/mol. The fourth-order valence-electron chi connectivity index (χ4n) is 1.61. The summed E-state index contributed by atoms with van der Waals surface area (Å²) in [5.74, 6) is 0.685. The Hall–Kier alpha value is -0.300. The first kappa shape index (κ1) is 10.8. The van der Waals surface area contributed by atoms with E-state index in [4.69, 9.17) is 0 Å². The zero-order valence-corrected chi connectivity index (χ0v) is 9.97. The zero-order chi connectivity index (χ0) is 9.68. The molecule has 0 N–H and O–H groups in total. The molecule has 0 heterocycles. The Morgan fingerprint density at radius 2 is 2.15 bits per heavy atom. The van der Waals surface area contributed by atoms with Gasteiger partial charge in [-0.15, -0.1) is 0 Å². The molecule has 0 nitrogen and oxygen atoms in total. The average Bonchev–Trinajstić information content (AvgIpc) is 2.14. The lowest BCUT2D eigenvalue weighted by Crippen LogP contribution is -1.99. The molecule has 0 amide bonds. The maximum atomic E-state index is 3.58. The van der Waals surface area contributed by atoms with E-state index in [1.54, 1.807) is 0 Å². The molecule has 13 heavy (non-hydrogen) atoms. The van der Waals surface area contributed by atoms with Crippen LogP contribution in [0, 0.1) is 6.92 Å². The molecule has 1 aromatic rings. The summed E-state index contributed by atoms with van der Waals surface area (Å²) in [4.78, 5) is 0. The maximum Gasteiger partial charge on any atom is 0.0100 e. The molecule has 1 rings (SSSR count). The molecule has 0 saturated heterocycles. The third-order valence-corrected chi connectivity index (χ3v) is 3.12. The van der Waals surface area contributed by atoms with Gasteiger partial charge in [0.15, 0.2) is 0 Å². The van der Waals surface area contributed by atoms with E-state index in [1.165, 1.54) is 24.0 Å². The second kappa shape index (κ2) is 5.43. The van der Waals surface area contributed by atoms with Gasteiger partial charge < -0.3 is 0 Å². The Labute approximate surface area is 89.5 Å². The van der Waals surface area contributed by atoms with Crippen molar-refractivity contribution in [2.24, 2.45) is 0 Å². The van der Waals surface area contributed by atoms with Gasteiger partial charge in [-0.05, 0) is 24.8 Å². The fraction of sp³-hybridized carbons (Fsp3) is 0.500. The molecule has 1 aromatic carbocycles. The third-order valence-electron chi connectivity index (χ3n) is 2.34. The van der Waals surface area contributed by atoms with Crippen LogP contribution in [0.25, 0.3) is 0 Å². The Morgan fingerprint density at radius 3 is 2.69 bits per heavy atom. The van der Waals surface area contributed by atoms with Crippen LogP contribution in [0.15, 0.2) is 24.3 Å². The Morgan fingerprint density at radius 1 is 1.38 bits per heavy atom. The molecule has 1 unspecified atom stereocenters. The van der Waals surface area contributed by atoms with Gasteiger partial charge in [0, 0.05) is 5.33 Å². The van der Waals surface area contributed by atoms with Crippen LogP contribution in [0.5, 0.6) is 0 Å². The quantitative estimate of drug-likeness (QED) is 0.690. The summed E-state index contributed by atoms with van der Waals surface area (Å²) >= 11 is 3.58. The molecule has 0 aliphatic rings. The summed E-state index contributed by atoms with van der Waals surface area (Å²) < 4.78 is 0. The number of hydrogen-bond acceptors (Lipinski definition) is 0. The smallest absolute Gasteiger partial charge is 0.0100 e. The molecule has 0 saturated carbocycles. The largest absolute Gasteiger partial charge is 0.0921 e. The van der Waals surface area contributed by atoms with Crippen molar-refractivity contribution in [2.75, 3.05) is 5.33 Å². The molecule has 0 aromatic heterocycles. The fourth-order valence-corrected chi connectivity index (χ4v) is 2.30. The summed E-state index contributed by atoms with van der Waals surface area (Å²) in [5, 5.41) is 1.07. The first-order chi connectivity index (χ1) is 6.27. The standard InChI is InChI=1S/C12H17Br/c1-3-5-12(9-13)11-7-4-6-10(2)8-11/h4,6-8,12H,3,5,9H2,1-2H3. The first-order valence-electron chi connectivity index (χ1n) is 4.90. The van der Waals surface area contributed by atoms with Crippen molar-refractivity contribution in [1.82, 2.24) is 0 Å². The van der Waals surface area contributed by atoms with Gasteiger partial charge in [0.25, 0.3) is 0 Å². The van der Waals surface area contributed by atoms with Crippen molar-refractivity contribution in [1.29, 1.82) is 0 Å². The molecule has 72 valence electrons. The van der Waals surface area contributed by atoms with Gasteiger partial charge in [-0.1, -0.05) is 59.1 Å². The maximum absolute atomic E-state index is 3.58. The second-order valence-electron chi connectivity index (χ2n) is 3.55. The summed E-state index contributed by atoms with van der Waals surface area (Å²) in [6, 6.07) is 8.83. The predicted octanol–water partition coefficient (Wildman–Crippen LogP) is 4.27. The molecule has 0 radical (unpaired) electrons. The molecule has 1 atom stereocenters. The molecule has 1 heteroatoms. The van der Waals surface area contributed by atoms with E-state index in [2.05, 4.69) is 54.0 Å². The highest BCUT2D eigenvalue weighted by molar-refractivity contribution is 9.09. The van der Waals surface area contributed by atoms with Gasteiger partial charge in [0.05, 0.1) is 0 Å². The predicted molar refractivity (Wildman–Crippen MR) is 62.6 cm³/mol. The normalized spacial score (nSPS) is 12.8. The SMILES string of the molecule is CCCC(CBr)c1cccc(C)c1. The second-order valence-corrected chi connectivity index (χ2v) is 4.20. The molecular formula is C12H17Br. The Balaban J connectivity index is 2.78. The van der Waals surface area contributed by atoms with Crippen molar-refractivity contribution < 1.29 is 0 Å². The van der Waals surface area contributed by atoms with Crippen LogP contribution in [0.3, 0.4) is 0 Å². The van der Waals surface area contributed by atoms with Crippen LogP contribution in [-0.4, -0.2) is 5.33 Å². The van der Waals surface area contributed by atoms with E-state index in [0.29, 0.717) is 5.92 Å². The Bertz CT molecular complexity index is 255. The van der Waals surface area contributed by atoms with Crippen molar-refractivity contribution >= 4 is 15.9 Å². The van der Waals surface area contributed by atoms with Crippen LogP contribution in [0.2, 0.25) is 0 Å². The number of aryl methyl sites for hydroxylation is 1. The van der Waals surface area contributed by atoms with Gasteiger partial charge in [0.2, 0.25) is 0 Å². The van der Waals surface area contributed by atoms with Gasteiger partial charge in [-0.25, -0.2) is 0 Å². The number of halogens is 1. The van der Waals surface area contributed by atoms with E-state index in [1.807, 2.05) is 0 Å². The van der Waals surface area contributed by atoms with Crippen molar-refractivity contribution in [3.63, 3.8) is 0 Å². The van der Waals surface area contributed by atoms with Crippen LogP contribution in [0.4, 0.5) is 0 Å². The lowest BCUT2D eigenvalue weighted by Gasteiger charge is -2.13. The Kier molecular flexibility index (Phi) is 4.51. The van der Waals surface area contributed by atoms with Crippen LogP contribution < -0.4 is 0 Å². The number of hydrogen-bond donors (Lipinski definition) is 0. The first-order valence-corrected chi connectivity index (χ1v) is 6.02. The van der Waals surface area contributed by atoms with Crippen LogP contribution >= 0.6 is 15.9 Å². The van der Waals surface area contributed by atoms with Gasteiger partial charge in [0.1, 0.15) is 0 Å². The van der Waals surface area contributed by atoms with Crippen LogP contribution in [0.1, 0.15) is 36.8 Å². The minimum Gasteiger partial charge on any atom is -0.0921 e. The van der Waals surface area contributed by atoms with Crippen molar-refractivity contribution in [2.45, 2.75) is 32.6 Å². The van der Waals surface area contributed by atoms with Crippen molar-refractivity contribution in [3.8, 4) is 0 Å². The number of alkyl halides is 1. The van der Waals surface area contributed by atoms with E-state index in [9.17, 15) is 0 Å². The highest BCUT2D eigenvalue weighted by atomic mass is 79.9. The van der Waals surface area contributed by atoms with Crippen molar-refractivity contribution in [3.05, 3.63) is 35.4 Å². The minimum absolute atomic E-state index is 0.685. The zero-order valence-electron chi connectivity index (χ0n) is 8.39. The van der Waals surface area contributed by atoms with Crippen LogP contribution in [-0.2, 0) is 0 Å². The molecule has 0 fully saturated rings. The molecule has 0 aliphatic carbocycles. The van der Waals surface area contributed by atoms with E-state index in [-0.39, 0.29) is 0 Å². The highest BCUT2D eigenvalue weighted by Crippen LogP contribution is 2.23. The van der Waals surface area contributed by atoms with Gasteiger partial charge in [-0.3, -0.25) is 0 Å². The third kappa shape index (κ3) is 3.15. The molecule has 0 bridgehead atoms. The molecule has 0 aliphatic heterocycles. The summed E-state index contributed by atoms with van der Waals surface area (Å²) in [6.07, 6.45) is 2.53. The van der Waals surface area contributed by atoms with E-state index in [0.717, 1.165) is 5.33 Å². The summed E-state index contributed by atoms with van der Waals surface area (Å²) in [6.45, 7) is 4.40. The lowest BCUT2D eigenvalue weighted by atomic mass is 9.95.